The zero-order chi connectivity index (χ0) is 7.66. The molecule has 0 radical (unpaired) electrons. The molecule has 0 atom stereocenters. The van der Waals surface area contributed by atoms with Crippen LogP contribution in [0, 0.1) is 0 Å². The maximum absolute atomic E-state index is 9.82. The third kappa shape index (κ3) is 7.14. The smallest absolute Gasteiger partial charge is 0.207 e. The molecule has 0 aromatic heterocycles. The zero-order valence-electron chi connectivity index (χ0n) is 6.01. The Bertz CT molecular complexity index is 81.6. The Kier molecular flexibility index (Phi) is 7.44. The van der Waals surface area contributed by atoms with Crippen LogP contribution in [0.5, 0.6) is 0 Å². The largest absolute Gasteiger partial charge is 0.359 e. The van der Waals surface area contributed by atoms with Gasteiger partial charge in [0.15, 0.2) is 0 Å². The van der Waals surface area contributed by atoms with Gasteiger partial charge in [-0.25, -0.2) is 0 Å². The lowest BCUT2D eigenvalue weighted by Gasteiger charge is -1.95. The third-order valence-electron chi connectivity index (χ3n) is 1.23. The van der Waals surface area contributed by atoms with Gasteiger partial charge in [0.1, 0.15) is 6.29 Å². The highest BCUT2D eigenvalue weighted by Crippen LogP contribution is 1.95. The van der Waals surface area contributed by atoms with E-state index in [9.17, 15) is 9.59 Å². The molecular weight excluding hydrogens is 130 g/mol. The summed E-state index contributed by atoms with van der Waals surface area (Å²) in [7, 11) is 0. The summed E-state index contributed by atoms with van der Waals surface area (Å²) >= 11 is 0. The topological polar surface area (TPSA) is 46.2 Å². The molecule has 3 nitrogen and oxygen atoms in total. The summed E-state index contributed by atoms with van der Waals surface area (Å²) in [6.07, 6.45) is 5.17. The molecule has 0 spiro atoms. The molecule has 58 valence electrons. The van der Waals surface area contributed by atoms with Crippen LogP contribution in [0.15, 0.2) is 0 Å². The van der Waals surface area contributed by atoms with Crippen molar-refractivity contribution in [2.24, 2.45) is 0 Å². The van der Waals surface area contributed by atoms with Crippen molar-refractivity contribution in [3.63, 3.8) is 0 Å². The first-order valence-corrected chi connectivity index (χ1v) is 3.52. The van der Waals surface area contributed by atoms with Crippen LogP contribution < -0.4 is 5.32 Å². The Hall–Kier alpha value is -0.860. The molecule has 10 heavy (non-hydrogen) atoms. The fraction of sp³-hybridized carbons (Fsp3) is 0.714. The summed E-state index contributed by atoms with van der Waals surface area (Å²) in [5, 5.41) is 2.56. The zero-order valence-corrected chi connectivity index (χ0v) is 6.01. The number of aldehydes is 1. The van der Waals surface area contributed by atoms with E-state index in [2.05, 4.69) is 5.32 Å². The van der Waals surface area contributed by atoms with Gasteiger partial charge in [-0.05, 0) is 12.8 Å². The Morgan fingerprint density at radius 3 is 2.50 bits per heavy atom. The average molecular weight is 143 g/mol. The molecule has 0 saturated heterocycles. The number of unbranched alkanes of at least 4 members (excludes halogenated alkanes) is 3. The van der Waals surface area contributed by atoms with Crippen molar-refractivity contribution in [3.8, 4) is 0 Å². The van der Waals surface area contributed by atoms with Gasteiger partial charge in [-0.3, -0.25) is 4.79 Å². The minimum atomic E-state index is 0.640. The van der Waals surface area contributed by atoms with Gasteiger partial charge in [-0.2, -0.15) is 0 Å². The number of amides is 1. The molecular formula is C7H13NO2. The molecule has 1 amide bonds. The van der Waals surface area contributed by atoms with Gasteiger partial charge >= 0.3 is 0 Å². The van der Waals surface area contributed by atoms with Crippen LogP contribution in [0.25, 0.3) is 0 Å². The summed E-state index contributed by atoms with van der Waals surface area (Å²) in [5.41, 5.74) is 0. The van der Waals surface area contributed by atoms with Crippen molar-refractivity contribution in [1.29, 1.82) is 0 Å². The van der Waals surface area contributed by atoms with E-state index >= 15 is 0 Å². The van der Waals surface area contributed by atoms with Crippen LogP contribution in [0.4, 0.5) is 0 Å². The SMILES string of the molecule is O=CCCCCCNC=O. The minimum absolute atomic E-state index is 0.640. The Balaban J connectivity index is 2.76. The van der Waals surface area contributed by atoms with Crippen LogP contribution in [0.2, 0.25) is 0 Å². The number of carbonyl (C=O) groups excluding carboxylic acids is 2. The Labute approximate surface area is 60.8 Å². The summed E-state index contributed by atoms with van der Waals surface area (Å²) in [4.78, 5) is 19.5. The molecule has 3 heteroatoms. The molecule has 0 unspecified atom stereocenters. The van der Waals surface area contributed by atoms with E-state index in [1.54, 1.807) is 0 Å². The highest BCUT2D eigenvalue weighted by atomic mass is 16.1. The summed E-state index contributed by atoms with van der Waals surface area (Å²) < 4.78 is 0. The van der Waals surface area contributed by atoms with E-state index in [4.69, 9.17) is 0 Å². The molecule has 0 aromatic carbocycles. The number of rotatable bonds is 7. The summed E-state index contributed by atoms with van der Waals surface area (Å²) in [5.74, 6) is 0. The van der Waals surface area contributed by atoms with Gasteiger partial charge in [0.25, 0.3) is 0 Å². The van der Waals surface area contributed by atoms with Crippen molar-refractivity contribution in [2.75, 3.05) is 6.54 Å². The molecule has 0 aromatic rings. The van der Waals surface area contributed by atoms with Gasteiger partial charge in [0, 0.05) is 13.0 Å². The van der Waals surface area contributed by atoms with E-state index in [1.165, 1.54) is 0 Å². The molecule has 0 fully saturated rings. The van der Waals surface area contributed by atoms with Crippen LogP contribution in [0.3, 0.4) is 0 Å². The minimum Gasteiger partial charge on any atom is -0.359 e. The number of hydrogen-bond acceptors (Lipinski definition) is 2. The first kappa shape index (κ1) is 9.14. The molecule has 0 aliphatic rings. The third-order valence-corrected chi connectivity index (χ3v) is 1.23. The Morgan fingerprint density at radius 1 is 1.10 bits per heavy atom. The molecule has 0 aliphatic heterocycles. The first-order valence-electron chi connectivity index (χ1n) is 3.52. The second-order valence-corrected chi connectivity index (χ2v) is 2.09. The van der Waals surface area contributed by atoms with Crippen LogP contribution in [-0.4, -0.2) is 19.2 Å². The lowest BCUT2D eigenvalue weighted by Crippen LogP contribution is -2.11. The number of hydrogen-bond donors (Lipinski definition) is 1. The maximum Gasteiger partial charge on any atom is 0.207 e. The van der Waals surface area contributed by atoms with Crippen molar-refractivity contribution < 1.29 is 9.59 Å². The lowest BCUT2D eigenvalue weighted by molar-refractivity contribution is -0.110. The van der Waals surface area contributed by atoms with E-state index in [1.807, 2.05) is 0 Å². The number of carbonyl (C=O) groups is 2. The van der Waals surface area contributed by atoms with Crippen molar-refractivity contribution in [3.05, 3.63) is 0 Å². The van der Waals surface area contributed by atoms with Crippen molar-refractivity contribution in [2.45, 2.75) is 25.7 Å². The van der Waals surface area contributed by atoms with E-state index in [-0.39, 0.29) is 0 Å². The monoisotopic (exact) mass is 143 g/mol. The van der Waals surface area contributed by atoms with Gasteiger partial charge in [0.05, 0.1) is 0 Å². The first-order chi connectivity index (χ1) is 4.91. The second kappa shape index (κ2) is 8.14. The average Bonchev–Trinajstić information content (AvgIpc) is 1.97. The molecule has 0 saturated carbocycles. The fourth-order valence-electron chi connectivity index (χ4n) is 0.690. The maximum atomic E-state index is 9.82. The lowest BCUT2D eigenvalue weighted by atomic mass is 10.2. The Morgan fingerprint density at radius 2 is 1.90 bits per heavy atom. The molecule has 0 rings (SSSR count). The molecule has 1 N–H and O–H groups in total. The van der Waals surface area contributed by atoms with Crippen LogP contribution in [0.1, 0.15) is 25.7 Å². The molecule has 0 bridgehead atoms. The summed E-state index contributed by atoms with van der Waals surface area (Å²) in [6, 6.07) is 0. The van der Waals surface area contributed by atoms with Gasteiger partial charge in [-0.15, -0.1) is 0 Å². The van der Waals surface area contributed by atoms with Gasteiger partial charge in [0.2, 0.25) is 6.41 Å². The molecule has 0 heterocycles. The normalized spacial score (nSPS) is 8.80. The number of nitrogens with one attached hydrogen (secondary N) is 1. The van der Waals surface area contributed by atoms with Crippen LogP contribution in [-0.2, 0) is 9.59 Å². The van der Waals surface area contributed by atoms with Crippen molar-refractivity contribution >= 4 is 12.7 Å². The van der Waals surface area contributed by atoms with Gasteiger partial charge < -0.3 is 10.1 Å². The molecule has 0 aliphatic carbocycles. The van der Waals surface area contributed by atoms with E-state index in [0.717, 1.165) is 32.1 Å². The summed E-state index contributed by atoms with van der Waals surface area (Å²) in [6.45, 7) is 0.725. The predicted octanol–water partition coefficient (Wildman–Crippen LogP) is 0.492. The fourth-order valence-corrected chi connectivity index (χ4v) is 0.690. The highest BCUT2D eigenvalue weighted by Gasteiger charge is 1.86. The van der Waals surface area contributed by atoms with E-state index in [0.29, 0.717) is 12.8 Å². The second-order valence-electron chi connectivity index (χ2n) is 2.09. The quantitative estimate of drug-likeness (QED) is 0.416. The standard InChI is InChI=1S/C7H13NO2/c9-6-4-2-1-3-5-8-7-10/h6-7H,1-5H2,(H,8,10). The van der Waals surface area contributed by atoms with E-state index < -0.39 is 0 Å². The highest BCUT2D eigenvalue weighted by molar-refractivity contribution is 5.48. The predicted molar refractivity (Wildman–Crippen MR) is 38.6 cm³/mol. The van der Waals surface area contributed by atoms with Crippen molar-refractivity contribution in [1.82, 2.24) is 5.32 Å². The van der Waals surface area contributed by atoms with Crippen LogP contribution >= 0.6 is 0 Å². The van der Waals surface area contributed by atoms with Gasteiger partial charge in [-0.1, -0.05) is 6.42 Å².